The maximum Gasteiger partial charge on any atom is 0.191 e. The summed E-state index contributed by atoms with van der Waals surface area (Å²) in [6.45, 7) is 3.06. The molecule has 7 heteroatoms. The van der Waals surface area contributed by atoms with Crippen LogP contribution in [-0.4, -0.2) is 19.7 Å². The Labute approximate surface area is 142 Å². The van der Waals surface area contributed by atoms with Crippen molar-refractivity contribution < 1.29 is 0 Å². The third-order valence-corrected chi connectivity index (χ3v) is 5.50. The predicted molar refractivity (Wildman–Crippen MR) is 92.4 cm³/mol. The van der Waals surface area contributed by atoms with Crippen molar-refractivity contribution in [1.82, 2.24) is 19.7 Å². The summed E-state index contributed by atoms with van der Waals surface area (Å²) in [5, 5.41) is 9.67. The highest BCUT2D eigenvalue weighted by Crippen LogP contribution is 2.30. The van der Waals surface area contributed by atoms with Crippen LogP contribution in [0.5, 0.6) is 0 Å². The molecule has 0 unspecified atom stereocenters. The first-order valence-corrected chi connectivity index (χ1v) is 9.16. The van der Waals surface area contributed by atoms with E-state index in [1.807, 2.05) is 18.2 Å². The Balaban J connectivity index is 1.83. The molecule has 114 valence electrons. The average molecular weight is 351 g/mol. The van der Waals surface area contributed by atoms with Gasteiger partial charge in [0.05, 0.1) is 4.34 Å². The van der Waals surface area contributed by atoms with Crippen molar-refractivity contribution in [2.75, 3.05) is 0 Å². The van der Waals surface area contributed by atoms with Gasteiger partial charge in [0.2, 0.25) is 0 Å². The molecule has 0 radical (unpaired) electrons. The van der Waals surface area contributed by atoms with Gasteiger partial charge in [-0.25, -0.2) is 0 Å². The lowest BCUT2D eigenvalue weighted by Crippen LogP contribution is -2.01. The van der Waals surface area contributed by atoms with Gasteiger partial charge in [0.1, 0.15) is 0 Å². The molecule has 0 N–H and O–H groups in total. The van der Waals surface area contributed by atoms with Crippen LogP contribution in [0.15, 0.2) is 41.8 Å². The molecule has 0 amide bonds. The molecule has 0 aliphatic rings. The van der Waals surface area contributed by atoms with E-state index in [1.54, 1.807) is 35.5 Å². The molecule has 0 aliphatic carbocycles. The smallest absolute Gasteiger partial charge is 0.191 e. The zero-order valence-electron chi connectivity index (χ0n) is 12.1. The van der Waals surface area contributed by atoms with Gasteiger partial charge in [-0.05, 0) is 30.7 Å². The molecule has 0 saturated carbocycles. The second-order valence-electron chi connectivity index (χ2n) is 4.69. The van der Waals surface area contributed by atoms with E-state index in [2.05, 4.69) is 32.7 Å². The topological polar surface area (TPSA) is 43.6 Å². The van der Waals surface area contributed by atoms with Gasteiger partial charge in [0.25, 0.3) is 0 Å². The number of aromatic nitrogens is 4. The number of pyridine rings is 1. The maximum atomic E-state index is 5.98. The number of hydrogen-bond acceptors (Lipinski definition) is 5. The quantitative estimate of drug-likeness (QED) is 0.601. The fourth-order valence-electron chi connectivity index (χ4n) is 2.10. The zero-order valence-corrected chi connectivity index (χ0v) is 14.5. The SMILES string of the molecule is CCCn1c(SCc2ccc(Cl)s2)nnc1-c1ccncc1. The van der Waals surface area contributed by atoms with Crippen molar-refractivity contribution in [3.8, 4) is 11.4 Å². The van der Waals surface area contributed by atoms with Gasteiger partial charge in [-0.15, -0.1) is 21.5 Å². The van der Waals surface area contributed by atoms with Crippen molar-refractivity contribution in [3.05, 3.63) is 45.9 Å². The van der Waals surface area contributed by atoms with Crippen molar-refractivity contribution in [2.45, 2.75) is 30.8 Å². The summed E-state index contributed by atoms with van der Waals surface area (Å²) in [6, 6.07) is 7.92. The largest absolute Gasteiger partial charge is 0.302 e. The number of rotatable bonds is 6. The normalized spacial score (nSPS) is 11.0. The van der Waals surface area contributed by atoms with Crippen LogP contribution in [0.3, 0.4) is 0 Å². The summed E-state index contributed by atoms with van der Waals surface area (Å²) in [5.74, 6) is 1.76. The van der Waals surface area contributed by atoms with Gasteiger partial charge >= 0.3 is 0 Å². The van der Waals surface area contributed by atoms with Crippen molar-refractivity contribution in [2.24, 2.45) is 0 Å². The summed E-state index contributed by atoms with van der Waals surface area (Å²) < 4.78 is 3.00. The first-order chi connectivity index (χ1) is 10.8. The Bertz CT molecular complexity index is 739. The van der Waals surface area contributed by atoms with E-state index in [1.165, 1.54) is 4.88 Å². The Morgan fingerprint density at radius 2 is 2.00 bits per heavy atom. The maximum absolute atomic E-state index is 5.98. The zero-order chi connectivity index (χ0) is 15.4. The molecule has 3 aromatic rings. The van der Waals surface area contributed by atoms with Gasteiger partial charge in [0, 0.05) is 35.1 Å². The molecule has 3 aromatic heterocycles. The highest BCUT2D eigenvalue weighted by molar-refractivity contribution is 7.98. The Kier molecular flexibility index (Phi) is 5.12. The Hall–Kier alpha value is -1.37. The molecule has 22 heavy (non-hydrogen) atoms. The van der Waals surface area contributed by atoms with Crippen molar-refractivity contribution in [1.29, 1.82) is 0 Å². The summed E-state index contributed by atoms with van der Waals surface area (Å²) in [5.41, 5.74) is 1.04. The standard InChI is InChI=1S/C15H15ClN4S2/c1-2-9-20-14(11-5-7-17-8-6-11)18-19-15(20)21-10-12-3-4-13(16)22-12/h3-8H,2,9-10H2,1H3. The van der Waals surface area contributed by atoms with Crippen LogP contribution >= 0.6 is 34.7 Å². The molecule has 3 heterocycles. The molecule has 0 saturated heterocycles. The summed E-state index contributed by atoms with van der Waals surface area (Å²) in [6.07, 6.45) is 4.59. The molecule has 0 spiro atoms. The van der Waals surface area contributed by atoms with Crippen LogP contribution in [0.2, 0.25) is 4.34 Å². The lowest BCUT2D eigenvalue weighted by atomic mass is 10.2. The number of halogens is 1. The van der Waals surface area contributed by atoms with Gasteiger partial charge in [-0.2, -0.15) is 0 Å². The molecule has 0 aliphatic heterocycles. The first-order valence-electron chi connectivity index (χ1n) is 6.98. The van der Waals surface area contributed by atoms with Crippen LogP contribution in [0, 0.1) is 0 Å². The predicted octanol–water partition coefficient (Wildman–Crippen LogP) is 4.76. The molecule has 0 aromatic carbocycles. The molecular formula is C15H15ClN4S2. The highest BCUT2D eigenvalue weighted by atomic mass is 35.5. The Morgan fingerprint density at radius 1 is 1.18 bits per heavy atom. The second-order valence-corrected chi connectivity index (χ2v) is 7.43. The molecular weight excluding hydrogens is 336 g/mol. The van der Waals surface area contributed by atoms with E-state index in [4.69, 9.17) is 11.6 Å². The van der Waals surface area contributed by atoms with Crippen molar-refractivity contribution in [3.63, 3.8) is 0 Å². The van der Waals surface area contributed by atoms with Gasteiger partial charge in [0.15, 0.2) is 11.0 Å². The van der Waals surface area contributed by atoms with Crippen LogP contribution in [0.4, 0.5) is 0 Å². The van der Waals surface area contributed by atoms with Gasteiger partial charge < -0.3 is 4.57 Å². The molecule has 0 atom stereocenters. The number of thioether (sulfide) groups is 1. The minimum absolute atomic E-state index is 0.822. The monoisotopic (exact) mass is 350 g/mol. The average Bonchev–Trinajstić information content (AvgIpc) is 3.13. The minimum atomic E-state index is 0.822. The third-order valence-electron chi connectivity index (χ3n) is 3.07. The van der Waals surface area contributed by atoms with Gasteiger partial charge in [-0.1, -0.05) is 30.3 Å². The lowest BCUT2D eigenvalue weighted by Gasteiger charge is -2.08. The molecule has 0 bridgehead atoms. The van der Waals surface area contributed by atoms with E-state index in [0.29, 0.717) is 0 Å². The number of hydrogen-bond donors (Lipinski definition) is 0. The van der Waals surface area contributed by atoms with Crippen molar-refractivity contribution >= 4 is 34.7 Å². The second kappa shape index (κ2) is 7.26. The van der Waals surface area contributed by atoms with E-state index >= 15 is 0 Å². The Morgan fingerprint density at radius 3 is 2.68 bits per heavy atom. The van der Waals surface area contributed by atoms with E-state index in [0.717, 1.165) is 39.6 Å². The van der Waals surface area contributed by atoms with E-state index in [9.17, 15) is 0 Å². The van der Waals surface area contributed by atoms with E-state index < -0.39 is 0 Å². The first kappa shape index (κ1) is 15.5. The summed E-state index contributed by atoms with van der Waals surface area (Å²) >= 11 is 9.28. The molecule has 4 nitrogen and oxygen atoms in total. The lowest BCUT2D eigenvalue weighted by molar-refractivity contribution is 0.626. The van der Waals surface area contributed by atoms with E-state index in [-0.39, 0.29) is 0 Å². The number of thiophene rings is 1. The number of nitrogens with zero attached hydrogens (tertiary/aromatic N) is 4. The van der Waals surface area contributed by atoms with Crippen LogP contribution in [0.1, 0.15) is 18.2 Å². The van der Waals surface area contributed by atoms with Crippen LogP contribution in [0.25, 0.3) is 11.4 Å². The third kappa shape index (κ3) is 3.51. The van der Waals surface area contributed by atoms with Crippen LogP contribution in [-0.2, 0) is 12.3 Å². The minimum Gasteiger partial charge on any atom is -0.302 e. The summed E-state index contributed by atoms with van der Waals surface area (Å²) in [4.78, 5) is 5.30. The molecule has 0 fully saturated rings. The van der Waals surface area contributed by atoms with Gasteiger partial charge in [-0.3, -0.25) is 4.98 Å². The highest BCUT2D eigenvalue weighted by Gasteiger charge is 2.14. The molecule has 3 rings (SSSR count). The van der Waals surface area contributed by atoms with Crippen LogP contribution < -0.4 is 0 Å². The fourth-order valence-corrected chi connectivity index (χ4v) is 4.20. The fraction of sp³-hybridized carbons (Fsp3) is 0.267. The summed E-state index contributed by atoms with van der Waals surface area (Å²) in [7, 11) is 0.